The van der Waals surface area contributed by atoms with Crippen molar-refractivity contribution in [2.75, 3.05) is 13.6 Å². The van der Waals surface area contributed by atoms with Crippen LogP contribution in [0.4, 0.5) is 0 Å². The van der Waals surface area contributed by atoms with Crippen LogP contribution in [-0.2, 0) is 17.5 Å². The number of aryl methyl sites for hydroxylation is 1. The molecule has 5 aromatic carbocycles. The third-order valence-corrected chi connectivity index (χ3v) is 14.1. The summed E-state index contributed by atoms with van der Waals surface area (Å²) in [5.41, 5.74) is 4.85. The highest BCUT2D eigenvalue weighted by Gasteiger charge is 2.50. The van der Waals surface area contributed by atoms with Crippen LogP contribution in [0.3, 0.4) is 0 Å². The van der Waals surface area contributed by atoms with Crippen molar-refractivity contribution in [3.63, 3.8) is 0 Å². The Morgan fingerprint density at radius 1 is 0.756 bits per heavy atom. The second-order valence-electron chi connectivity index (χ2n) is 12.5. The number of fused-ring (bicyclic) bond motifs is 4. The van der Waals surface area contributed by atoms with Crippen LogP contribution >= 0.6 is 0 Å². The molecular weight excluding hydrogens is 579 g/mol. The fourth-order valence-corrected chi connectivity index (χ4v) is 11.5. The van der Waals surface area contributed by atoms with Gasteiger partial charge < -0.3 is 23.4 Å². The highest BCUT2D eigenvalue weighted by molar-refractivity contribution is 6.99. The quantitative estimate of drug-likeness (QED) is 0.178. The van der Waals surface area contributed by atoms with Crippen molar-refractivity contribution in [3.05, 3.63) is 108 Å². The fourth-order valence-electron chi connectivity index (χ4n) is 7.01. The summed E-state index contributed by atoms with van der Waals surface area (Å²) in [6.07, 6.45) is 0.199. The molecule has 0 fully saturated rings. The molecule has 0 saturated heterocycles. The number of nitrogens with zero attached hydrogens (tertiary/aromatic N) is 1. The molecule has 45 heavy (non-hydrogen) atoms. The Hall–Kier alpha value is -4.77. The van der Waals surface area contributed by atoms with Gasteiger partial charge in [0, 0.05) is 5.39 Å². The number of hydrogen-bond donors (Lipinski definition) is 0. The van der Waals surface area contributed by atoms with Crippen LogP contribution in [0.15, 0.2) is 91.0 Å². The lowest BCUT2D eigenvalue weighted by Crippen LogP contribution is -2.66. The van der Waals surface area contributed by atoms with E-state index in [4.69, 9.17) is 23.4 Å². The smallest absolute Gasteiger partial charge is 0.261 e. The monoisotopic (exact) mass is 613 g/mol. The Labute approximate surface area is 264 Å². The van der Waals surface area contributed by atoms with Crippen molar-refractivity contribution in [1.82, 2.24) is 0 Å². The lowest BCUT2D eigenvalue weighted by Gasteiger charge is -2.43. The molecular formula is C38H35NO5Si. The van der Waals surface area contributed by atoms with E-state index < -0.39 is 8.32 Å². The van der Waals surface area contributed by atoms with Crippen LogP contribution in [0.1, 0.15) is 37.5 Å². The van der Waals surface area contributed by atoms with Crippen LogP contribution in [0.25, 0.3) is 21.9 Å². The van der Waals surface area contributed by atoms with Crippen molar-refractivity contribution >= 4 is 29.5 Å². The molecule has 0 atom stereocenters. The molecule has 0 aromatic heterocycles. The van der Waals surface area contributed by atoms with Crippen molar-refractivity contribution in [2.24, 2.45) is 0 Å². The summed E-state index contributed by atoms with van der Waals surface area (Å²) < 4.78 is 30.8. The first-order chi connectivity index (χ1) is 21.8. The number of hydrogen-bond acceptors (Lipinski definition) is 6. The average molecular weight is 614 g/mol. The maximum atomic E-state index is 10.3. The molecule has 0 bridgehead atoms. The van der Waals surface area contributed by atoms with Gasteiger partial charge in [-0.05, 0) is 73.7 Å². The Kier molecular flexibility index (Phi) is 7.27. The van der Waals surface area contributed by atoms with Crippen molar-refractivity contribution < 1.29 is 23.4 Å². The zero-order chi connectivity index (χ0) is 31.2. The summed E-state index contributed by atoms with van der Waals surface area (Å²) in [7, 11) is -2.86. The van der Waals surface area contributed by atoms with Crippen molar-refractivity contribution in [1.29, 1.82) is 5.26 Å². The molecule has 7 heteroatoms. The first kappa shape index (κ1) is 29.0. The molecule has 0 unspecified atom stereocenters. The average Bonchev–Trinajstić information content (AvgIpc) is 3.73. The summed E-state index contributed by atoms with van der Waals surface area (Å²) in [6.45, 7) is 9.64. The summed E-state index contributed by atoms with van der Waals surface area (Å²) in [4.78, 5) is 0. The van der Waals surface area contributed by atoms with E-state index in [1.807, 2.05) is 24.3 Å². The minimum absolute atomic E-state index is 0.153. The highest BCUT2D eigenvalue weighted by atomic mass is 28.4. The number of rotatable bonds is 7. The van der Waals surface area contributed by atoms with Gasteiger partial charge in [0.05, 0.1) is 19.1 Å². The van der Waals surface area contributed by atoms with Crippen LogP contribution in [-0.4, -0.2) is 21.9 Å². The zero-order valence-corrected chi connectivity index (χ0v) is 27.0. The van der Waals surface area contributed by atoms with Crippen molar-refractivity contribution in [2.45, 2.75) is 45.8 Å². The molecule has 0 saturated carbocycles. The molecule has 2 heterocycles. The predicted octanol–water partition coefficient (Wildman–Crippen LogP) is 7.42. The molecule has 0 aliphatic carbocycles. The third kappa shape index (κ3) is 4.73. The maximum absolute atomic E-state index is 10.3. The standard InChI is InChI=1S/C38H35NO5Si/c1-25-29-16-18-33-37(43-24-41-33)36(29)35(26-15-17-32-34(21-26)42-23-40-32)30(19-20-39)31(25)22-44-45(38(2,3)4,27-11-7-5-8-12-27)28-13-9-6-10-14-28/h5-18,21H,19,22-24H2,1-4H3. The Balaban J connectivity index is 1.48. The summed E-state index contributed by atoms with van der Waals surface area (Å²) in [5, 5.41) is 14.5. The molecule has 226 valence electrons. The van der Waals surface area contributed by atoms with E-state index in [1.165, 1.54) is 10.4 Å². The molecule has 0 N–H and O–H groups in total. The topological polar surface area (TPSA) is 69.9 Å². The Bertz CT molecular complexity index is 1900. The largest absolute Gasteiger partial charge is 0.454 e. The van der Waals surface area contributed by atoms with E-state index in [0.29, 0.717) is 29.6 Å². The second kappa shape index (κ2) is 11.3. The van der Waals surface area contributed by atoms with E-state index in [-0.39, 0.29) is 25.0 Å². The van der Waals surface area contributed by atoms with E-state index in [1.54, 1.807) is 0 Å². The number of ether oxygens (including phenoxy) is 4. The molecule has 7 rings (SSSR count). The van der Waals surface area contributed by atoms with Crippen LogP contribution < -0.4 is 29.3 Å². The van der Waals surface area contributed by atoms with Gasteiger partial charge in [-0.3, -0.25) is 0 Å². The minimum atomic E-state index is -2.86. The van der Waals surface area contributed by atoms with Gasteiger partial charge in [-0.1, -0.05) is 93.6 Å². The Morgan fingerprint density at radius 3 is 2.04 bits per heavy atom. The Morgan fingerprint density at radius 2 is 1.38 bits per heavy atom. The first-order valence-corrected chi connectivity index (χ1v) is 17.1. The summed E-state index contributed by atoms with van der Waals surface area (Å²) >= 11 is 0. The van der Waals surface area contributed by atoms with Crippen LogP contribution in [0.2, 0.25) is 5.04 Å². The molecule has 6 nitrogen and oxygen atoms in total. The zero-order valence-electron chi connectivity index (χ0n) is 26.0. The first-order valence-electron chi connectivity index (χ1n) is 15.2. The molecule has 0 spiro atoms. The molecule has 2 aliphatic heterocycles. The molecule has 0 amide bonds. The second-order valence-corrected chi connectivity index (χ2v) is 16.8. The fraction of sp³-hybridized carbons (Fsp3) is 0.237. The van der Waals surface area contributed by atoms with E-state index in [9.17, 15) is 5.26 Å². The van der Waals surface area contributed by atoms with Gasteiger partial charge in [-0.15, -0.1) is 0 Å². The van der Waals surface area contributed by atoms with E-state index >= 15 is 0 Å². The normalized spacial score (nSPS) is 13.7. The summed E-state index contributed by atoms with van der Waals surface area (Å²) in [5.74, 6) is 2.78. The SMILES string of the molecule is Cc1c(CO[Si](c2ccccc2)(c2ccccc2)C(C)(C)C)c(CC#N)c(-c2ccc3c(c2)OCO3)c2c3c(ccc12)OCO3. The van der Waals surface area contributed by atoms with Gasteiger partial charge in [0.2, 0.25) is 13.6 Å². The third-order valence-electron chi connectivity index (χ3n) is 9.08. The molecule has 2 aliphatic rings. The maximum Gasteiger partial charge on any atom is 0.261 e. The van der Waals surface area contributed by atoms with Gasteiger partial charge in [0.15, 0.2) is 23.0 Å². The minimum Gasteiger partial charge on any atom is -0.454 e. The van der Waals surface area contributed by atoms with Gasteiger partial charge in [0.25, 0.3) is 8.32 Å². The van der Waals surface area contributed by atoms with Gasteiger partial charge in [-0.2, -0.15) is 5.26 Å². The predicted molar refractivity (Wildman–Crippen MR) is 178 cm³/mol. The van der Waals surface area contributed by atoms with E-state index in [2.05, 4.69) is 100 Å². The molecule has 0 radical (unpaired) electrons. The highest BCUT2D eigenvalue weighted by Crippen LogP contribution is 2.49. The number of benzene rings is 5. The lowest BCUT2D eigenvalue weighted by atomic mass is 9.85. The van der Waals surface area contributed by atoms with Crippen molar-refractivity contribution in [3.8, 4) is 40.2 Å². The van der Waals surface area contributed by atoms with Crippen LogP contribution in [0.5, 0.6) is 23.0 Å². The van der Waals surface area contributed by atoms with Gasteiger partial charge in [-0.25, -0.2) is 0 Å². The molecule has 5 aromatic rings. The van der Waals surface area contributed by atoms with Gasteiger partial charge >= 0.3 is 0 Å². The number of nitriles is 1. The van der Waals surface area contributed by atoms with Crippen LogP contribution in [0, 0.1) is 18.3 Å². The lowest BCUT2D eigenvalue weighted by molar-refractivity contribution is 0.174. The van der Waals surface area contributed by atoms with Gasteiger partial charge in [0.1, 0.15) is 0 Å². The summed E-state index contributed by atoms with van der Waals surface area (Å²) in [6, 6.07) is 33.8. The van der Waals surface area contributed by atoms with E-state index in [0.717, 1.165) is 38.6 Å².